The maximum absolute atomic E-state index is 12.4. The lowest BCUT2D eigenvalue weighted by Gasteiger charge is -2.31. The van der Waals surface area contributed by atoms with Crippen molar-refractivity contribution in [3.8, 4) is 0 Å². The zero-order valence-corrected chi connectivity index (χ0v) is 15.8. The highest BCUT2D eigenvalue weighted by atomic mass is 16.3. The first-order chi connectivity index (χ1) is 13.1. The fraction of sp³-hybridized carbons (Fsp3) is 0.429. The van der Waals surface area contributed by atoms with E-state index in [1.807, 2.05) is 13.1 Å². The van der Waals surface area contributed by atoms with Crippen LogP contribution in [0.25, 0.3) is 0 Å². The molecule has 1 N–H and O–H groups in total. The summed E-state index contributed by atoms with van der Waals surface area (Å²) in [6.07, 6.45) is 5.44. The third-order valence-corrected chi connectivity index (χ3v) is 4.89. The molecule has 0 saturated carbocycles. The minimum absolute atomic E-state index is 0.00296. The number of carbonyl (C=O) groups excluding carboxylic acids is 2. The standard InChI is InChI=1S/C21H27N3O3/c1-23(20(25)11-12-22-21(26)19-10-7-15-27-19)16-17-8-3-4-9-18(17)24-13-5-2-6-14-24/h3-4,7-10,15H,2,5-6,11-14,16H2,1H3,(H,22,26). The van der Waals surface area contributed by atoms with E-state index in [4.69, 9.17) is 4.42 Å². The van der Waals surface area contributed by atoms with E-state index in [1.54, 1.807) is 17.0 Å². The molecule has 0 atom stereocenters. The number of furan rings is 1. The molecule has 1 saturated heterocycles. The van der Waals surface area contributed by atoms with Crippen LogP contribution in [-0.2, 0) is 11.3 Å². The molecule has 0 aliphatic carbocycles. The van der Waals surface area contributed by atoms with E-state index in [0.29, 0.717) is 6.54 Å². The second-order valence-corrected chi connectivity index (χ2v) is 6.91. The van der Waals surface area contributed by atoms with Crippen molar-refractivity contribution in [2.45, 2.75) is 32.2 Å². The number of hydrogen-bond acceptors (Lipinski definition) is 4. The van der Waals surface area contributed by atoms with Gasteiger partial charge in [0.05, 0.1) is 6.26 Å². The Morgan fingerprint density at radius 3 is 2.63 bits per heavy atom. The summed E-state index contributed by atoms with van der Waals surface area (Å²) in [6, 6.07) is 11.6. The van der Waals surface area contributed by atoms with Crippen molar-refractivity contribution in [3.63, 3.8) is 0 Å². The van der Waals surface area contributed by atoms with Crippen molar-refractivity contribution in [2.75, 3.05) is 31.6 Å². The molecule has 2 heterocycles. The number of anilines is 1. The number of benzene rings is 1. The van der Waals surface area contributed by atoms with Crippen LogP contribution in [0.5, 0.6) is 0 Å². The van der Waals surface area contributed by atoms with Gasteiger partial charge in [-0.3, -0.25) is 9.59 Å². The van der Waals surface area contributed by atoms with Crippen LogP contribution >= 0.6 is 0 Å². The van der Waals surface area contributed by atoms with E-state index in [9.17, 15) is 9.59 Å². The Balaban J connectivity index is 1.51. The zero-order valence-electron chi connectivity index (χ0n) is 15.8. The summed E-state index contributed by atoms with van der Waals surface area (Å²) in [7, 11) is 1.81. The lowest BCUT2D eigenvalue weighted by atomic mass is 10.1. The van der Waals surface area contributed by atoms with Gasteiger partial charge >= 0.3 is 0 Å². The Morgan fingerprint density at radius 2 is 1.89 bits per heavy atom. The molecule has 1 aliphatic heterocycles. The molecule has 0 bridgehead atoms. The second kappa shape index (κ2) is 9.26. The number of nitrogens with one attached hydrogen (secondary N) is 1. The van der Waals surface area contributed by atoms with Gasteiger partial charge in [-0.05, 0) is 43.0 Å². The fourth-order valence-corrected chi connectivity index (χ4v) is 3.40. The Bertz CT molecular complexity index is 752. The number of para-hydroxylation sites is 1. The first-order valence-corrected chi connectivity index (χ1v) is 9.53. The van der Waals surface area contributed by atoms with Gasteiger partial charge in [0.1, 0.15) is 0 Å². The summed E-state index contributed by atoms with van der Waals surface area (Å²) in [5.41, 5.74) is 2.39. The largest absolute Gasteiger partial charge is 0.459 e. The van der Waals surface area contributed by atoms with Crippen LogP contribution in [0.15, 0.2) is 47.1 Å². The highest BCUT2D eigenvalue weighted by Gasteiger charge is 2.17. The Labute approximate surface area is 160 Å². The van der Waals surface area contributed by atoms with Gasteiger partial charge in [-0.1, -0.05) is 18.2 Å². The van der Waals surface area contributed by atoms with Gasteiger partial charge in [0, 0.05) is 45.3 Å². The maximum atomic E-state index is 12.4. The average molecular weight is 369 g/mol. The van der Waals surface area contributed by atoms with Crippen molar-refractivity contribution in [3.05, 3.63) is 54.0 Å². The molecule has 2 amide bonds. The van der Waals surface area contributed by atoms with E-state index in [-0.39, 0.29) is 30.5 Å². The molecular formula is C21H27N3O3. The summed E-state index contributed by atoms with van der Waals surface area (Å²) in [4.78, 5) is 28.4. The fourth-order valence-electron chi connectivity index (χ4n) is 3.40. The van der Waals surface area contributed by atoms with Gasteiger partial charge in [0.15, 0.2) is 5.76 Å². The summed E-state index contributed by atoms with van der Waals surface area (Å²) in [5, 5.41) is 2.71. The van der Waals surface area contributed by atoms with Crippen LogP contribution in [0.4, 0.5) is 5.69 Å². The molecule has 1 aromatic heterocycles. The van der Waals surface area contributed by atoms with Crippen LogP contribution < -0.4 is 10.2 Å². The first-order valence-electron chi connectivity index (χ1n) is 9.53. The molecule has 144 valence electrons. The van der Waals surface area contributed by atoms with Crippen molar-refractivity contribution < 1.29 is 14.0 Å². The van der Waals surface area contributed by atoms with Crippen LogP contribution in [0.1, 0.15) is 41.8 Å². The SMILES string of the molecule is CN(Cc1ccccc1N1CCCCC1)C(=O)CCNC(=O)c1ccco1. The molecule has 6 nitrogen and oxygen atoms in total. The molecule has 1 fully saturated rings. The summed E-state index contributed by atoms with van der Waals surface area (Å²) < 4.78 is 5.04. The summed E-state index contributed by atoms with van der Waals surface area (Å²) in [6.45, 7) is 3.01. The molecule has 1 aromatic carbocycles. The van der Waals surface area contributed by atoms with Gasteiger partial charge in [-0.2, -0.15) is 0 Å². The van der Waals surface area contributed by atoms with Crippen molar-refractivity contribution in [1.29, 1.82) is 0 Å². The molecule has 0 radical (unpaired) electrons. The highest BCUT2D eigenvalue weighted by molar-refractivity contribution is 5.91. The molecule has 2 aromatic rings. The number of piperidine rings is 1. The van der Waals surface area contributed by atoms with Crippen LogP contribution in [0.3, 0.4) is 0 Å². The first kappa shape index (κ1) is 19.0. The van der Waals surface area contributed by atoms with E-state index in [0.717, 1.165) is 18.7 Å². The van der Waals surface area contributed by atoms with Gasteiger partial charge in [0.2, 0.25) is 5.91 Å². The lowest BCUT2D eigenvalue weighted by Crippen LogP contribution is -2.33. The lowest BCUT2D eigenvalue weighted by molar-refractivity contribution is -0.130. The topological polar surface area (TPSA) is 65.8 Å². The number of carbonyl (C=O) groups is 2. The predicted octanol–water partition coefficient (Wildman–Crippen LogP) is 3.05. The normalized spacial score (nSPS) is 14.0. The Kier molecular flexibility index (Phi) is 6.52. The second-order valence-electron chi connectivity index (χ2n) is 6.91. The monoisotopic (exact) mass is 369 g/mol. The van der Waals surface area contributed by atoms with Crippen LogP contribution in [0.2, 0.25) is 0 Å². The van der Waals surface area contributed by atoms with E-state index < -0.39 is 0 Å². The van der Waals surface area contributed by atoms with Crippen LogP contribution in [0, 0.1) is 0 Å². The number of hydrogen-bond donors (Lipinski definition) is 1. The molecule has 27 heavy (non-hydrogen) atoms. The Morgan fingerprint density at radius 1 is 1.11 bits per heavy atom. The molecule has 3 rings (SSSR count). The number of nitrogens with zero attached hydrogens (tertiary/aromatic N) is 2. The third-order valence-electron chi connectivity index (χ3n) is 4.89. The smallest absolute Gasteiger partial charge is 0.286 e. The summed E-state index contributed by atoms with van der Waals surface area (Å²) >= 11 is 0. The molecular weight excluding hydrogens is 342 g/mol. The predicted molar refractivity (Wildman–Crippen MR) is 105 cm³/mol. The van der Waals surface area contributed by atoms with Crippen molar-refractivity contribution >= 4 is 17.5 Å². The minimum atomic E-state index is -0.300. The minimum Gasteiger partial charge on any atom is -0.459 e. The zero-order chi connectivity index (χ0) is 19.1. The quantitative estimate of drug-likeness (QED) is 0.815. The number of amides is 2. The average Bonchev–Trinajstić information content (AvgIpc) is 3.24. The maximum Gasteiger partial charge on any atom is 0.286 e. The van der Waals surface area contributed by atoms with Gasteiger partial charge in [0.25, 0.3) is 5.91 Å². The third kappa shape index (κ3) is 5.12. The number of rotatable bonds is 7. The van der Waals surface area contributed by atoms with Crippen LogP contribution in [-0.4, -0.2) is 43.4 Å². The van der Waals surface area contributed by atoms with Gasteiger partial charge in [-0.25, -0.2) is 0 Å². The highest BCUT2D eigenvalue weighted by Crippen LogP contribution is 2.25. The molecule has 6 heteroatoms. The molecule has 1 aliphatic rings. The molecule has 0 unspecified atom stereocenters. The van der Waals surface area contributed by atoms with E-state index in [1.165, 1.54) is 31.2 Å². The van der Waals surface area contributed by atoms with Gasteiger partial charge < -0.3 is 19.5 Å². The Hall–Kier alpha value is -2.76. The van der Waals surface area contributed by atoms with Gasteiger partial charge in [-0.15, -0.1) is 0 Å². The van der Waals surface area contributed by atoms with E-state index in [2.05, 4.69) is 28.4 Å². The summed E-state index contributed by atoms with van der Waals surface area (Å²) in [5.74, 6) is -0.0413. The van der Waals surface area contributed by atoms with Crippen molar-refractivity contribution in [2.24, 2.45) is 0 Å². The van der Waals surface area contributed by atoms with Crippen molar-refractivity contribution in [1.82, 2.24) is 10.2 Å². The van der Waals surface area contributed by atoms with E-state index >= 15 is 0 Å². The molecule has 0 spiro atoms.